The van der Waals surface area contributed by atoms with Crippen molar-refractivity contribution < 1.29 is 0 Å². The molecule has 0 aromatic carbocycles. The van der Waals surface area contributed by atoms with Crippen LogP contribution in [0.25, 0.3) is 0 Å². The van der Waals surface area contributed by atoms with Crippen molar-refractivity contribution in [1.29, 1.82) is 0 Å². The van der Waals surface area contributed by atoms with Crippen molar-refractivity contribution >= 4 is 5.82 Å². The minimum atomic E-state index is 0.998. The van der Waals surface area contributed by atoms with E-state index >= 15 is 0 Å². The number of aromatic nitrogens is 1. The number of rotatable bonds is 1. The number of hydrazine groups is 1. The molecule has 0 spiro atoms. The molecule has 0 fully saturated rings. The average Bonchev–Trinajstić information content (AvgIpc) is 2.10. The van der Waals surface area contributed by atoms with Crippen molar-refractivity contribution in [2.24, 2.45) is 11.7 Å². The predicted molar refractivity (Wildman–Crippen MR) is 46.9 cm³/mol. The number of hydrogen-bond acceptors (Lipinski definition) is 4. The van der Waals surface area contributed by atoms with Gasteiger partial charge < -0.3 is 4.90 Å². The summed E-state index contributed by atoms with van der Waals surface area (Å²) in [6.45, 7) is 0. The first-order chi connectivity index (χ1) is 5.30. The van der Waals surface area contributed by atoms with Gasteiger partial charge in [0.25, 0.3) is 0 Å². The Hall–Kier alpha value is -1.13. The van der Waals surface area contributed by atoms with Crippen LogP contribution in [0.4, 0.5) is 5.82 Å². The lowest BCUT2D eigenvalue weighted by atomic mass is 10.4. The van der Waals surface area contributed by atoms with Crippen molar-refractivity contribution in [1.82, 2.24) is 4.98 Å². The maximum atomic E-state index is 4.10. The summed E-state index contributed by atoms with van der Waals surface area (Å²) in [6, 6.07) is 5.86. The van der Waals surface area contributed by atoms with Gasteiger partial charge in [0.05, 0.1) is 0 Å². The first kappa shape index (κ1) is 9.87. The Morgan fingerprint density at radius 1 is 1.27 bits per heavy atom. The molecule has 0 aliphatic carbocycles. The molecule has 0 bridgehead atoms. The molecule has 11 heavy (non-hydrogen) atoms. The van der Waals surface area contributed by atoms with Gasteiger partial charge in [0.1, 0.15) is 5.82 Å². The van der Waals surface area contributed by atoms with Gasteiger partial charge in [0, 0.05) is 20.3 Å². The fourth-order valence-corrected chi connectivity index (χ4v) is 0.618. The van der Waals surface area contributed by atoms with Gasteiger partial charge in [-0.05, 0) is 12.1 Å². The summed E-state index contributed by atoms with van der Waals surface area (Å²) in [7, 11) is 3.95. The molecular weight excluding hydrogens is 140 g/mol. The van der Waals surface area contributed by atoms with Crippen LogP contribution < -0.4 is 16.6 Å². The molecular formula is C7H14N4. The number of nitrogens with zero attached hydrogens (tertiary/aromatic N) is 2. The van der Waals surface area contributed by atoms with Gasteiger partial charge in [-0.25, -0.2) is 4.98 Å². The Balaban J connectivity index is 0.000000461. The maximum Gasteiger partial charge on any atom is 0.127 e. The van der Waals surface area contributed by atoms with Gasteiger partial charge in [-0.2, -0.15) is 0 Å². The van der Waals surface area contributed by atoms with E-state index in [2.05, 4.69) is 16.7 Å². The molecule has 0 radical (unpaired) electrons. The normalized spacial score (nSPS) is 8.00. The summed E-state index contributed by atoms with van der Waals surface area (Å²) in [5, 5.41) is 0. The lowest BCUT2D eigenvalue weighted by Gasteiger charge is -2.08. The largest absolute Gasteiger partial charge is 0.363 e. The van der Waals surface area contributed by atoms with E-state index in [0.29, 0.717) is 0 Å². The topological polar surface area (TPSA) is 68.2 Å². The highest BCUT2D eigenvalue weighted by molar-refractivity contribution is 5.34. The third kappa shape index (κ3) is 3.54. The van der Waals surface area contributed by atoms with Crippen LogP contribution in [-0.4, -0.2) is 19.1 Å². The Kier molecular flexibility index (Phi) is 5.06. The van der Waals surface area contributed by atoms with Crippen LogP contribution in [0, 0.1) is 0 Å². The number of pyridine rings is 1. The van der Waals surface area contributed by atoms with E-state index < -0.39 is 0 Å². The SMILES string of the molecule is CN(C)c1ccccn1.NN. The Morgan fingerprint density at radius 2 is 1.91 bits per heavy atom. The number of hydrogen-bond donors (Lipinski definition) is 2. The van der Waals surface area contributed by atoms with Crippen LogP contribution in [0.1, 0.15) is 0 Å². The van der Waals surface area contributed by atoms with Crippen LogP contribution in [0.2, 0.25) is 0 Å². The van der Waals surface area contributed by atoms with E-state index in [1.54, 1.807) is 6.20 Å². The van der Waals surface area contributed by atoms with E-state index in [0.717, 1.165) is 5.82 Å². The lowest BCUT2D eigenvalue weighted by molar-refractivity contribution is 1.07. The first-order valence-electron chi connectivity index (χ1n) is 3.22. The van der Waals surface area contributed by atoms with Crippen LogP contribution in [0.3, 0.4) is 0 Å². The van der Waals surface area contributed by atoms with E-state index in [-0.39, 0.29) is 0 Å². The Labute approximate surface area is 66.8 Å². The molecule has 1 aromatic rings. The summed E-state index contributed by atoms with van der Waals surface area (Å²) in [4.78, 5) is 6.08. The van der Waals surface area contributed by atoms with Crippen LogP contribution in [-0.2, 0) is 0 Å². The molecule has 1 rings (SSSR count). The molecule has 4 nitrogen and oxygen atoms in total. The van der Waals surface area contributed by atoms with Gasteiger partial charge in [-0.1, -0.05) is 6.07 Å². The third-order valence-electron chi connectivity index (χ3n) is 1.11. The minimum Gasteiger partial charge on any atom is -0.363 e. The highest BCUT2D eigenvalue weighted by Crippen LogP contribution is 2.02. The fourth-order valence-electron chi connectivity index (χ4n) is 0.618. The molecule has 0 saturated heterocycles. The maximum absolute atomic E-state index is 4.10. The molecule has 0 amide bonds. The van der Waals surface area contributed by atoms with Crippen molar-refractivity contribution in [2.75, 3.05) is 19.0 Å². The van der Waals surface area contributed by atoms with Gasteiger partial charge in [0.15, 0.2) is 0 Å². The van der Waals surface area contributed by atoms with Crippen LogP contribution in [0.5, 0.6) is 0 Å². The quantitative estimate of drug-likeness (QED) is 0.440. The summed E-state index contributed by atoms with van der Waals surface area (Å²) in [5.41, 5.74) is 0. The molecule has 0 aliphatic heterocycles. The van der Waals surface area contributed by atoms with Crippen LogP contribution in [0.15, 0.2) is 24.4 Å². The van der Waals surface area contributed by atoms with Gasteiger partial charge >= 0.3 is 0 Å². The van der Waals surface area contributed by atoms with Gasteiger partial charge in [-0.3, -0.25) is 11.7 Å². The van der Waals surface area contributed by atoms with Crippen molar-refractivity contribution in [3.05, 3.63) is 24.4 Å². The smallest absolute Gasteiger partial charge is 0.127 e. The summed E-state index contributed by atoms with van der Waals surface area (Å²) >= 11 is 0. The highest BCUT2D eigenvalue weighted by Gasteiger charge is 1.89. The van der Waals surface area contributed by atoms with Gasteiger partial charge in [0.2, 0.25) is 0 Å². The molecule has 4 N–H and O–H groups in total. The van der Waals surface area contributed by atoms with E-state index in [4.69, 9.17) is 0 Å². The Morgan fingerprint density at radius 3 is 2.18 bits per heavy atom. The summed E-state index contributed by atoms with van der Waals surface area (Å²) in [5.74, 6) is 9.00. The highest BCUT2D eigenvalue weighted by atomic mass is 15.1. The van der Waals surface area contributed by atoms with E-state index in [1.807, 2.05) is 37.2 Å². The standard InChI is InChI=1S/C7H10N2.H4N2/c1-9(2)7-5-3-4-6-8-7;1-2/h3-6H,1-2H3;1-2H2. The van der Waals surface area contributed by atoms with Gasteiger partial charge in [-0.15, -0.1) is 0 Å². The van der Waals surface area contributed by atoms with Crippen molar-refractivity contribution in [2.45, 2.75) is 0 Å². The lowest BCUT2D eigenvalue weighted by Crippen LogP contribution is -2.09. The molecule has 0 aliphatic rings. The fraction of sp³-hybridized carbons (Fsp3) is 0.286. The molecule has 0 saturated carbocycles. The molecule has 1 aromatic heterocycles. The molecule has 0 atom stereocenters. The second-order valence-corrected chi connectivity index (χ2v) is 2.08. The monoisotopic (exact) mass is 154 g/mol. The summed E-state index contributed by atoms with van der Waals surface area (Å²) < 4.78 is 0. The van der Waals surface area contributed by atoms with E-state index in [9.17, 15) is 0 Å². The number of anilines is 1. The minimum absolute atomic E-state index is 0.998. The van der Waals surface area contributed by atoms with Crippen molar-refractivity contribution in [3.8, 4) is 0 Å². The van der Waals surface area contributed by atoms with Crippen molar-refractivity contribution in [3.63, 3.8) is 0 Å². The molecule has 0 unspecified atom stereocenters. The van der Waals surface area contributed by atoms with E-state index in [1.165, 1.54) is 0 Å². The predicted octanol–water partition coefficient (Wildman–Crippen LogP) is -0.0336. The zero-order valence-electron chi connectivity index (χ0n) is 6.86. The second-order valence-electron chi connectivity index (χ2n) is 2.08. The molecule has 1 heterocycles. The third-order valence-corrected chi connectivity index (χ3v) is 1.11. The zero-order valence-corrected chi connectivity index (χ0v) is 6.86. The van der Waals surface area contributed by atoms with Crippen LogP contribution >= 0.6 is 0 Å². The Bertz CT molecular complexity index is 173. The first-order valence-corrected chi connectivity index (χ1v) is 3.22. The molecule has 4 heteroatoms. The second kappa shape index (κ2) is 5.64. The average molecular weight is 154 g/mol. The molecule has 62 valence electrons. The number of nitrogens with two attached hydrogens (primary N) is 2. The zero-order chi connectivity index (χ0) is 8.69. The summed E-state index contributed by atoms with van der Waals surface area (Å²) in [6.07, 6.45) is 1.79.